The van der Waals surface area contributed by atoms with Gasteiger partial charge in [0.1, 0.15) is 5.82 Å². The van der Waals surface area contributed by atoms with Crippen LogP contribution in [-0.2, 0) is 9.53 Å². The van der Waals surface area contributed by atoms with E-state index in [0.717, 1.165) is 16.9 Å². The van der Waals surface area contributed by atoms with Crippen LogP contribution in [0.4, 0.5) is 5.82 Å². The monoisotopic (exact) mass is 364 g/mol. The second-order valence-electron chi connectivity index (χ2n) is 6.25. The zero-order chi connectivity index (χ0) is 19.1. The number of hydrogen-bond donors (Lipinski definition) is 2. The lowest BCUT2D eigenvalue weighted by Crippen LogP contribution is -2.30. The number of carbonyl (C=O) groups is 1. The molecule has 0 aliphatic heterocycles. The molecular weight excluding hydrogens is 340 g/mol. The molecule has 2 aromatic carbocycles. The first-order chi connectivity index (χ1) is 13.2. The average molecular weight is 364 g/mol. The number of ether oxygens (including phenoxy) is 1. The van der Waals surface area contributed by atoms with Crippen molar-refractivity contribution in [2.45, 2.75) is 6.92 Å². The molecule has 0 aliphatic rings. The van der Waals surface area contributed by atoms with E-state index in [9.17, 15) is 4.79 Å². The first-order valence-corrected chi connectivity index (χ1v) is 8.89. The van der Waals surface area contributed by atoms with Crippen molar-refractivity contribution in [2.75, 3.05) is 32.1 Å². The van der Waals surface area contributed by atoms with Gasteiger partial charge in [0, 0.05) is 25.3 Å². The molecule has 3 rings (SSSR count). The van der Waals surface area contributed by atoms with Crippen LogP contribution in [0.1, 0.15) is 5.56 Å². The summed E-state index contributed by atoms with van der Waals surface area (Å²) in [4.78, 5) is 12.3. The Kier molecular flexibility index (Phi) is 6.35. The van der Waals surface area contributed by atoms with Gasteiger partial charge in [0.15, 0.2) is 0 Å². The highest BCUT2D eigenvalue weighted by Gasteiger charge is 2.13. The lowest BCUT2D eigenvalue weighted by molar-refractivity contribution is -0.115. The molecule has 0 spiro atoms. The standard InChI is InChI=1S/C21H24N4O2/c1-16-8-10-18(11-9-16)25-20(23-21(26)15-22-12-13-27-2)14-19(24-25)17-6-4-3-5-7-17/h3-11,14,22H,12-13,15H2,1-2H3,(H,23,26). The normalized spacial score (nSPS) is 10.7. The molecule has 3 aromatic rings. The third-order valence-electron chi connectivity index (χ3n) is 4.09. The van der Waals surface area contributed by atoms with E-state index >= 15 is 0 Å². The number of nitrogens with one attached hydrogen (secondary N) is 2. The molecule has 0 bridgehead atoms. The molecule has 0 atom stereocenters. The maximum atomic E-state index is 12.3. The Balaban J connectivity index is 1.85. The lowest BCUT2D eigenvalue weighted by atomic mass is 10.1. The van der Waals surface area contributed by atoms with Crippen LogP contribution in [0.15, 0.2) is 60.7 Å². The van der Waals surface area contributed by atoms with Gasteiger partial charge < -0.3 is 15.4 Å². The predicted octanol–water partition coefficient (Wildman–Crippen LogP) is 3.02. The summed E-state index contributed by atoms with van der Waals surface area (Å²) in [5.41, 5.74) is 3.86. The van der Waals surface area contributed by atoms with Gasteiger partial charge in [0.05, 0.1) is 24.5 Å². The summed E-state index contributed by atoms with van der Waals surface area (Å²) in [6.45, 7) is 3.43. The molecule has 6 heteroatoms. The third-order valence-corrected chi connectivity index (χ3v) is 4.09. The average Bonchev–Trinajstić information content (AvgIpc) is 3.10. The molecule has 1 aromatic heterocycles. The van der Waals surface area contributed by atoms with Crippen molar-refractivity contribution < 1.29 is 9.53 Å². The molecule has 0 aliphatic carbocycles. The van der Waals surface area contributed by atoms with Crippen molar-refractivity contribution in [1.29, 1.82) is 0 Å². The Morgan fingerprint density at radius 2 is 1.85 bits per heavy atom. The van der Waals surface area contributed by atoms with Crippen molar-refractivity contribution >= 4 is 11.7 Å². The van der Waals surface area contributed by atoms with Crippen molar-refractivity contribution in [1.82, 2.24) is 15.1 Å². The second kappa shape index (κ2) is 9.12. The van der Waals surface area contributed by atoms with E-state index < -0.39 is 0 Å². The quantitative estimate of drug-likeness (QED) is 0.603. The zero-order valence-electron chi connectivity index (χ0n) is 15.6. The van der Waals surface area contributed by atoms with Crippen LogP contribution in [-0.4, -0.2) is 42.5 Å². The first-order valence-electron chi connectivity index (χ1n) is 8.89. The van der Waals surface area contributed by atoms with Gasteiger partial charge in [-0.25, -0.2) is 4.68 Å². The van der Waals surface area contributed by atoms with Crippen LogP contribution in [0.5, 0.6) is 0 Å². The number of aromatic nitrogens is 2. The van der Waals surface area contributed by atoms with E-state index in [-0.39, 0.29) is 12.5 Å². The van der Waals surface area contributed by atoms with Gasteiger partial charge >= 0.3 is 0 Å². The smallest absolute Gasteiger partial charge is 0.239 e. The van der Waals surface area contributed by atoms with Crippen molar-refractivity contribution in [2.24, 2.45) is 0 Å². The molecule has 0 saturated carbocycles. The molecule has 0 saturated heterocycles. The predicted molar refractivity (Wildman–Crippen MR) is 107 cm³/mol. The molecule has 0 fully saturated rings. The van der Waals surface area contributed by atoms with E-state index in [0.29, 0.717) is 19.0 Å². The summed E-state index contributed by atoms with van der Waals surface area (Å²) in [6.07, 6.45) is 0. The van der Waals surface area contributed by atoms with Gasteiger partial charge in [-0.3, -0.25) is 4.79 Å². The van der Waals surface area contributed by atoms with E-state index in [1.165, 1.54) is 5.56 Å². The minimum absolute atomic E-state index is 0.126. The summed E-state index contributed by atoms with van der Waals surface area (Å²) < 4.78 is 6.73. The van der Waals surface area contributed by atoms with E-state index in [2.05, 4.69) is 10.6 Å². The van der Waals surface area contributed by atoms with Crippen LogP contribution >= 0.6 is 0 Å². The Bertz CT molecular complexity index is 873. The number of nitrogens with zero attached hydrogens (tertiary/aromatic N) is 2. The first kappa shape index (κ1) is 18.8. The minimum Gasteiger partial charge on any atom is -0.383 e. The zero-order valence-corrected chi connectivity index (χ0v) is 15.6. The SMILES string of the molecule is COCCNCC(=O)Nc1cc(-c2ccccc2)nn1-c1ccc(C)cc1. The van der Waals surface area contributed by atoms with Gasteiger partial charge in [-0.2, -0.15) is 5.10 Å². The van der Waals surface area contributed by atoms with Crippen molar-refractivity contribution in [3.05, 3.63) is 66.2 Å². The number of amides is 1. The number of rotatable bonds is 8. The van der Waals surface area contributed by atoms with Crippen molar-refractivity contribution in [3.63, 3.8) is 0 Å². The van der Waals surface area contributed by atoms with Crippen LogP contribution in [0.3, 0.4) is 0 Å². The summed E-state index contributed by atoms with van der Waals surface area (Å²) in [5.74, 6) is 0.509. The van der Waals surface area contributed by atoms with Crippen LogP contribution in [0.2, 0.25) is 0 Å². The third kappa shape index (κ3) is 5.03. The Labute approximate surface area is 159 Å². The van der Waals surface area contributed by atoms with Gasteiger partial charge in [-0.05, 0) is 19.1 Å². The molecule has 0 unspecified atom stereocenters. The van der Waals surface area contributed by atoms with Crippen molar-refractivity contribution in [3.8, 4) is 16.9 Å². The molecule has 27 heavy (non-hydrogen) atoms. The van der Waals surface area contributed by atoms with Crippen LogP contribution < -0.4 is 10.6 Å². The summed E-state index contributed by atoms with van der Waals surface area (Å²) in [7, 11) is 1.63. The van der Waals surface area contributed by atoms with Gasteiger partial charge in [0.25, 0.3) is 0 Å². The number of anilines is 1. The maximum absolute atomic E-state index is 12.3. The number of aryl methyl sites for hydroxylation is 1. The Hall–Kier alpha value is -2.96. The van der Waals surface area contributed by atoms with Gasteiger partial charge in [-0.15, -0.1) is 0 Å². The number of hydrogen-bond acceptors (Lipinski definition) is 4. The number of carbonyl (C=O) groups excluding carboxylic acids is 1. The maximum Gasteiger partial charge on any atom is 0.239 e. The molecule has 140 valence electrons. The molecule has 1 amide bonds. The van der Waals surface area contributed by atoms with Crippen LogP contribution in [0, 0.1) is 6.92 Å². The lowest BCUT2D eigenvalue weighted by Gasteiger charge is -2.09. The summed E-state index contributed by atoms with van der Waals surface area (Å²) >= 11 is 0. The van der Waals surface area contributed by atoms with E-state index in [4.69, 9.17) is 9.84 Å². The Morgan fingerprint density at radius 1 is 1.11 bits per heavy atom. The second-order valence-corrected chi connectivity index (χ2v) is 6.25. The topological polar surface area (TPSA) is 68.2 Å². The molecule has 6 nitrogen and oxygen atoms in total. The van der Waals surface area contributed by atoms with Crippen LogP contribution in [0.25, 0.3) is 16.9 Å². The fourth-order valence-corrected chi connectivity index (χ4v) is 2.67. The number of methoxy groups -OCH3 is 1. The number of benzene rings is 2. The summed E-state index contributed by atoms with van der Waals surface area (Å²) in [6, 6.07) is 19.8. The molecular formula is C21H24N4O2. The van der Waals surface area contributed by atoms with Gasteiger partial charge in [-0.1, -0.05) is 48.0 Å². The Morgan fingerprint density at radius 3 is 2.56 bits per heavy atom. The minimum atomic E-state index is -0.126. The summed E-state index contributed by atoms with van der Waals surface area (Å²) in [5, 5.41) is 10.7. The fraction of sp³-hybridized carbons (Fsp3) is 0.238. The molecule has 1 heterocycles. The fourth-order valence-electron chi connectivity index (χ4n) is 2.67. The van der Waals surface area contributed by atoms with Gasteiger partial charge in [0.2, 0.25) is 5.91 Å². The highest BCUT2D eigenvalue weighted by Crippen LogP contribution is 2.24. The molecule has 0 radical (unpaired) electrons. The molecule has 2 N–H and O–H groups in total. The highest BCUT2D eigenvalue weighted by molar-refractivity contribution is 5.92. The highest BCUT2D eigenvalue weighted by atomic mass is 16.5. The largest absolute Gasteiger partial charge is 0.383 e. The van der Waals surface area contributed by atoms with E-state index in [1.54, 1.807) is 11.8 Å². The van der Waals surface area contributed by atoms with E-state index in [1.807, 2.05) is 67.6 Å².